The molecule has 2 atom stereocenters. The summed E-state index contributed by atoms with van der Waals surface area (Å²) in [6, 6.07) is 5.01. The Morgan fingerprint density at radius 1 is 0.783 bits per heavy atom. The SMILES string of the molecule is CNCCCOCCOCCOCCCNC(=O)CCC(=O)N[C@H](CC(=O)O)C(=O)N[C@@H](Cc1c[nH]c2ccccc12)C(=O)NC. The van der Waals surface area contributed by atoms with Crippen molar-refractivity contribution in [1.29, 1.82) is 0 Å². The van der Waals surface area contributed by atoms with Crippen LogP contribution in [-0.4, -0.2) is 119 Å². The number of carbonyl (C=O) groups excluding carboxylic acids is 4. The summed E-state index contributed by atoms with van der Waals surface area (Å²) in [6.07, 6.45) is 2.28. The lowest BCUT2D eigenvalue weighted by molar-refractivity contribution is -0.141. The van der Waals surface area contributed by atoms with Crippen LogP contribution in [0.5, 0.6) is 0 Å². The molecule has 0 spiro atoms. The van der Waals surface area contributed by atoms with Crippen LogP contribution in [-0.2, 0) is 44.6 Å². The van der Waals surface area contributed by atoms with Crippen molar-refractivity contribution < 1.29 is 43.3 Å². The number of carbonyl (C=O) groups is 5. The number of amides is 4. The average molecular weight is 649 g/mol. The Kier molecular flexibility index (Phi) is 18.6. The monoisotopic (exact) mass is 648 g/mol. The van der Waals surface area contributed by atoms with Crippen molar-refractivity contribution in [3.05, 3.63) is 36.0 Å². The third kappa shape index (κ3) is 15.3. The largest absolute Gasteiger partial charge is 0.481 e. The molecular weight excluding hydrogens is 600 g/mol. The van der Waals surface area contributed by atoms with Crippen LogP contribution in [0.3, 0.4) is 0 Å². The van der Waals surface area contributed by atoms with E-state index in [-0.39, 0.29) is 25.2 Å². The van der Waals surface area contributed by atoms with E-state index in [0.717, 1.165) is 29.4 Å². The second-order valence-electron chi connectivity index (χ2n) is 10.5. The van der Waals surface area contributed by atoms with Gasteiger partial charge in [0.25, 0.3) is 0 Å². The molecule has 0 saturated heterocycles. The van der Waals surface area contributed by atoms with Gasteiger partial charge in [0, 0.05) is 63.2 Å². The number of H-pyrrole nitrogens is 1. The lowest BCUT2D eigenvalue weighted by Gasteiger charge is -2.22. The number of rotatable bonds is 25. The third-order valence-electron chi connectivity index (χ3n) is 6.84. The molecule has 2 rings (SSSR count). The van der Waals surface area contributed by atoms with Crippen LogP contribution in [0.15, 0.2) is 30.5 Å². The van der Waals surface area contributed by atoms with Gasteiger partial charge in [-0.05, 0) is 38.1 Å². The molecule has 1 aromatic carbocycles. The first-order valence-electron chi connectivity index (χ1n) is 15.5. The van der Waals surface area contributed by atoms with Gasteiger partial charge in [0.05, 0.1) is 32.8 Å². The Balaban J connectivity index is 1.69. The fourth-order valence-corrected chi connectivity index (χ4v) is 4.44. The van der Waals surface area contributed by atoms with E-state index >= 15 is 0 Å². The summed E-state index contributed by atoms with van der Waals surface area (Å²) in [6.45, 7) is 4.27. The van der Waals surface area contributed by atoms with Crippen LogP contribution in [0.4, 0.5) is 0 Å². The molecule has 46 heavy (non-hydrogen) atoms. The highest BCUT2D eigenvalue weighted by molar-refractivity contribution is 5.95. The Morgan fingerprint density at radius 3 is 2.07 bits per heavy atom. The van der Waals surface area contributed by atoms with Crippen LogP contribution in [0.1, 0.15) is 37.7 Å². The van der Waals surface area contributed by atoms with E-state index in [0.29, 0.717) is 52.6 Å². The van der Waals surface area contributed by atoms with E-state index in [9.17, 15) is 29.1 Å². The third-order valence-corrected chi connectivity index (χ3v) is 6.84. The fraction of sp³-hybridized carbons (Fsp3) is 0.581. The van der Waals surface area contributed by atoms with Crippen molar-refractivity contribution in [2.45, 2.75) is 50.6 Å². The van der Waals surface area contributed by atoms with Crippen LogP contribution in [0, 0.1) is 0 Å². The number of hydrogen-bond donors (Lipinski definition) is 7. The number of nitrogens with one attached hydrogen (secondary N) is 6. The molecule has 0 aliphatic heterocycles. The normalized spacial score (nSPS) is 12.3. The zero-order valence-electron chi connectivity index (χ0n) is 26.7. The van der Waals surface area contributed by atoms with E-state index in [4.69, 9.17) is 14.2 Å². The summed E-state index contributed by atoms with van der Waals surface area (Å²) in [5.41, 5.74) is 1.64. The Morgan fingerprint density at radius 2 is 1.41 bits per heavy atom. The second kappa shape index (κ2) is 22.5. The van der Waals surface area contributed by atoms with Gasteiger partial charge in [-0.1, -0.05) is 18.2 Å². The molecule has 0 unspecified atom stereocenters. The first-order chi connectivity index (χ1) is 22.2. The summed E-state index contributed by atoms with van der Waals surface area (Å²) in [5.74, 6) is -3.66. The molecule has 15 nitrogen and oxygen atoms in total. The highest BCUT2D eigenvalue weighted by Gasteiger charge is 2.29. The maximum atomic E-state index is 13.1. The molecule has 0 saturated carbocycles. The molecule has 0 bridgehead atoms. The summed E-state index contributed by atoms with van der Waals surface area (Å²) >= 11 is 0. The second-order valence-corrected chi connectivity index (χ2v) is 10.5. The van der Waals surface area contributed by atoms with Crippen molar-refractivity contribution in [3.8, 4) is 0 Å². The minimum atomic E-state index is -1.44. The Bertz CT molecular complexity index is 1240. The topological polar surface area (TPSA) is 209 Å². The molecule has 1 heterocycles. The van der Waals surface area contributed by atoms with Crippen molar-refractivity contribution in [2.24, 2.45) is 0 Å². The molecule has 0 fully saturated rings. The van der Waals surface area contributed by atoms with Gasteiger partial charge in [0.1, 0.15) is 12.1 Å². The zero-order valence-corrected chi connectivity index (χ0v) is 26.7. The van der Waals surface area contributed by atoms with Gasteiger partial charge in [-0.15, -0.1) is 0 Å². The molecule has 0 aliphatic rings. The summed E-state index contributed by atoms with van der Waals surface area (Å²) in [4.78, 5) is 64.9. The first-order valence-corrected chi connectivity index (χ1v) is 15.5. The smallest absolute Gasteiger partial charge is 0.305 e. The number of para-hydroxylation sites is 1. The minimum absolute atomic E-state index is 0.134. The lowest BCUT2D eigenvalue weighted by atomic mass is 10.0. The number of fused-ring (bicyclic) bond motifs is 1. The molecule has 1 aromatic heterocycles. The van der Waals surface area contributed by atoms with Gasteiger partial charge >= 0.3 is 5.97 Å². The summed E-state index contributed by atoms with van der Waals surface area (Å²) < 4.78 is 16.3. The van der Waals surface area contributed by atoms with Gasteiger partial charge in [0.15, 0.2) is 0 Å². The highest BCUT2D eigenvalue weighted by atomic mass is 16.5. The average Bonchev–Trinajstić information content (AvgIpc) is 3.45. The highest BCUT2D eigenvalue weighted by Crippen LogP contribution is 2.19. The number of carboxylic acid groups (broad SMARTS) is 1. The number of benzene rings is 1. The molecule has 15 heteroatoms. The number of ether oxygens (including phenoxy) is 3. The summed E-state index contributed by atoms with van der Waals surface area (Å²) in [5, 5.41) is 23.4. The van der Waals surface area contributed by atoms with Crippen molar-refractivity contribution >= 4 is 40.5 Å². The minimum Gasteiger partial charge on any atom is -0.481 e. The van der Waals surface area contributed by atoms with Crippen LogP contribution < -0.4 is 26.6 Å². The number of aliphatic carboxylic acids is 1. The molecule has 2 aromatic rings. The summed E-state index contributed by atoms with van der Waals surface area (Å²) in [7, 11) is 3.32. The molecular formula is C31H48N6O9. The van der Waals surface area contributed by atoms with Gasteiger partial charge in [-0.2, -0.15) is 0 Å². The van der Waals surface area contributed by atoms with E-state index in [1.165, 1.54) is 7.05 Å². The van der Waals surface area contributed by atoms with Crippen LogP contribution >= 0.6 is 0 Å². The predicted molar refractivity (Wildman–Crippen MR) is 170 cm³/mol. The molecule has 0 radical (unpaired) electrons. The number of aromatic amines is 1. The van der Waals surface area contributed by atoms with Crippen LogP contribution in [0.25, 0.3) is 10.9 Å². The number of hydrogen-bond acceptors (Lipinski definition) is 9. The quantitative estimate of drug-likeness (QED) is 0.0708. The van der Waals surface area contributed by atoms with E-state index < -0.39 is 42.2 Å². The van der Waals surface area contributed by atoms with Crippen LogP contribution in [0.2, 0.25) is 0 Å². The predicted octanol–water partition coefficient (Wildman–Crippen LogP) is -0.153. The lowest BCUT2D eigenvalue weighted by Crippen LogP contribution is -2.54. The van der Waals surface area contributed by atoms with Gasteiger partial charge in [-0.25, -0.2) is 0 Å². The Labute approximate surface area is 268 Å². The molecule has 4 amide bonds. The number of likely N-dealkylation sites (N-methyl/N-ethyl adjacent to an activating group) is 1. The van der Waals surface area contributed by atoms with Gasteiger partial charge < -0.3 is 50.9 Å². The van der Waals surface area contributed by atoms with Gasteiger partial charge in [-0.3, -0.25) is 24.0 Å². The maximum Gasteiger partial charge on any atom is 0.305 e. The standard InChI is InChI=1S/C31H48N6O9/c1-32-11-5-13-44-15-17-46-18-16-45-14-6-12-34-27(38)9-10-28(39)36-26(20-29(40)41)31(43)37-25(30(42)33-2)19-22-21-35-24-8-4-3-7-23(22)24/h3-4,7-8,21,25-26,32,35H,5-6,9-20H2,1-2H3,(H,33,42)(H,34,38)(H,36,39)(H,37,43)(H,40,41)/t25-,26+/m0/s1. The fourth-order valence-electron chi connectivity index (χ4n) is 4.44. The van der Waals surface area contributed by atoms with Crippen molar-refractivity contribution in [1.82, 2.24) is 31.6 Å². The molecule has 7 N–H and O–H groups in total. The van der Waals surface area contributed by atoms with E-state index in [1.807, 2.05) is 31.3 Å². The van der Waals surface area contributed by atoms with Crippen molar-refractivity contribution in [3.63, 3.8) is 0 Å². The van der Waals surface area contributed by atoms with Crippen molar-refractivity contribution in [2.75, 3.05) is 66.8 Å². The molecule has 256 valence electrons. The number of aromatic nitrogens is 1. The van der Waals surface area contributed by atoms with Gasteiger partial charge in [0.2, 0.25) is 23.6 Å². The zero-order chi connectivity index (χ0) is 33.6. The van der Waals surface area contributed by atoms with E-state index in [2.05, 4.69) is 31.6 Å². The van der Waals surface area contributed by atoms with E-state index in [1.54, 1.807) is 6.20 Å². The maximum absolute atomic E-state index is 13.1. The molecule has 0 aliphatic carbocycles. The number of carboxylic acids is 1. The Hall–Kier alpha value is -4.05. The first kappa shape index (κ1) is 38.1.